The number of amides is 1. The molecule has 1 aliphatic heterocycles. The van der Waals surface area contributed by atoms with E-state index in [-0.39, 0.29) is 5.91 Å². The Labute approximate surface area is 142 Å². The van der Waals surface area contributed by atoms with E-state index >= 15 is 0 Å². The van der Waals surface area contributed by atoms with Crippen LogP contribution in [0.5, 0.6) is 0 Å². The average molecular weight is 341 g/mol. The van der Waals surface area contributed by atoms with Gasteiger partial charge in [0.05, 0.1) is 13.0 Å². The lowest BCUT2D eigenvalue weighted by Gasteiger charge is -2.33. The molecule has 0 bridgehead atoms. The molecule has 7 heteroatoms. The van der Waals surface area contributed by atoms with Gasteiger partial charge in [0.25, 0.3) is 0 Å². The molecular weight excluding hydrogens is 316 g/mol. The Bertz CT molecular complexity index is 545. The molecule has 1 saturated heterocycles. The number of likely N-dealkylation sites (tertiary alicyclic amines) is 1. The van der Waals surface area contributed by atoms with Crippen molar-refractivity contribution in [3.8, 4) is 0 Å². The van der Waals surface area contributed by atoms with Crippen LogP contribution in [-0.2, 0) is 16.0 Å². The molecule has 2 rings (SSSR count). The van der Waals surface area contributed by atoms with Gasteiger partial charge in [-0.1, -0.05) is 18.5 Å². The highest BCUT2D eigenvalue weighted by Crippen LogP contribution is 2.24. The monoisotopic (exact) mass is 340 g/mol. The number of anilines is 1. The zero-order chi connectivity index (χ0) is 16.8. The van der Waals surface area contributed by atoms with Crippen molar-refractivity contribution in [3.05, 3.63) is 16.5 Å². The minimum atomic E-state index is 0.167. The van der Waals surface area contributed by atoms with Crippen molar-refractivity contribution in [3.63, 3.8) is 0 Å². The molecule has 0 saturated carbocycles. The van der Waals surface area contributed by atoms with Crippen molar-refractivity contribution in [2.24, 2.45) is 0 Å². The number of nitrogens with one attached hydrogen (secondary N) is 1. The van der Waals surface area contributed by atoms with Crippen LogP contribution in [-0.4, -0.2) is 53.6 Å². The third-order valence-corrected chi connectivity index (χ3v) is 4.44. The Morgan fingerprint density at radius 1 is 1.39 bits per heavy atom. The molecule has 1 N–H and O–H groups in total. The van der Waals surface area contributed by atoms with Crippen LogP contribution >= 0.6 is 11.6 Å². The molecule has 0 aromatic carbocycles. The molecule has 2 heterocycles. The molecule has 23 heavy (non-hydrogen) atoms. The van der Waals surface area contributed by atoms with Gasteiger partial charge in [0.15, 0.2) is 0 Å². The lowest BCUT2D eigenvalue weighted by atomic mass is 10.0. The summed E-state index contributed by atoms with van der Waals surface area (Å²) in [4.78, 5) is 22.6. The highest BCUT2D eigenvalue weighted by atomic mass is 35.5. The highest BCUT2D eigenvalue weighted by Gasteiger charge is 2.23. The molecule has 1 aromatic heterocycles. The summed E-state index contributed by atoms with van der Waals surface area (Å²) in [6.45, 7) is 5.89. The van der Waals surface area contributed by atoms with Gasteiger partial charge in [-0.05, 0) is 26.2 Å². The van der Waals surface area contributed by atoms with E-state index in [9.17, 15) is 4.79 Å². The van der Waals surface area contributed by atoms with Gasteiger partial charge in [-0.15, -0.1) is 0 Å². The second-order valence-corrected chi connectivity index (χ2v) is 6.14. The number of halogens is 1. The first-order valence-corrected chi connectivity index (χ1v) is 8.49. The number of rotatable bonds is 6. The number of nitrogens with zero attached hydrogens (tertiary/aromatic N) is 3. The number of aryl methyl sites for hydroxylation is 1. The van der Waals surface area contributed by atoms with Crippen LogP contribution in [0.15, 0.2) is 0 Å². The second kappa shape index (κ2) is 8.45. The Kier molecular flexibility index (Phi) is 6.59. The first-order valence-electron chi connectivity index (χ1n) is 8.11. The third-order valence-electron chi connectivity index (χ3n) is 4.13. The van der Waals surface area contributed by atoms with Crippen molar-refractivity contribution in [1.29, 1.82) is 0 Å². The Hall–Kier alpha value is -1.40. The zero-order valence-corrected chi connectivity index (χ0v) is 14.8. The van der Waals surface area contributed by atoms with Crippen LogP contribution in [0.25, 0.3) is 0 Å². The maximum absolute atomic E-state index is 12.0. The lowest BCUT2D eigenvalue weighted by molar-refractivity contribution is -0.133. The summed E-state index contributed by atoms with van der Waals surface area (Å²) in [6, 6.07) is 0.303. The van der Waals surface area contributed by atoms with E-state index in [0.29, 0.717) is 30.0 Å². The fourth-order valence-electron chi connectivity index (χ4n) is 2.81. The van der Waals surface area contributed by atoms with Crippen LogP contribution in [0.3, 0.4) is 0 Å². The lowest BCUT2D eigenvalue weighted by Crippen LogP contribution is -2.42. The molecule has 0 radical (unpaired) electrons. The number of hydrogen-bond donors (Lipinski definition) is 1. The Balaban J connectivity index is 1.93. The van der Waals surface area contributed by atoms with Crippen LogP contribution in [0.1, 0.15) is 37.6 Å². The van der Waals surface area contributed by atoms with Crippen LogP contribution in [0.4, 0.5) is 5.82 Å². The molecule has 0 atom stereocenters. The fourth-order valence-corrected chi connectivity index (χ4v) is 3.15. The SMILES string of the molecule is CCc1c(Cl)nc(C)nc1NC1CCN(C(=O)CCOC)CC1. The minimum Gasteiger partial charge on any atom is -0.384 e. The van der Waals surface area contributed by atoms with E-state index in [2.05, 4.69) is 15.3 Å². The number of carbonyl (C=O) groups excluding carboxylic acids is 1. The topological polar surface area (TPSA) is 67.4 Å². The van der Waals surface area contributed by atoms with E-state index in [1.807, 2.05) is 18.7 Å². The first-order chi connectivity index (χ1) is 11.0. The van der Waals surface area contributed by atoms with Crippen molar-refractivity contribution in [2.75, 3.05) is 32.1 Å². The summed E-state index contributed by atoms with van der Waals surface area (Å²) < 4.78 is 4.96. The number of ether oxygens (including phenoxy) is 1. The number of carbonyl (C=O) groups is 1. The molecule has 0 spiro atoms. The number of methoxy groups -OCH3 is 1. The van der Waals surface area contributed by atoms with Crippen molar-refractivity contribution in [2.45, 2.75) is 45.6 Å². The molecule has 1 aliphatic rings. The summed E-state index contributed by atoms with van der Waals surface area (Å²) in [5, 5.41) is 4.01. The maximum atomic E-state index is 12.0. The Morgan fingerprint density at radius 3 is 2.70 bits per heavy atom. The second-order valence-electron chi connectivity index (χ2n) is 5.78. The summed E-state index contributed by atoms with van der Waals surface area (Å²) in [5.41, 5.74) is 0.955. The van der Waals surface area contributed by atoms with Gasteiger partial charge in [0.1, 0.15) is 16.8 Å². The van der Waals surface area contributed by atoms with Crippen molar-refractivity contribution in [1.82, 2.24) is 14.9 Å². The van der Waals surface area contributed by atoms with E-state index in [4.69, 9.17) is 16.3 Å². The number of piperidine rings is 1. The summed E-state index contributed by atoms with van der Waals surface area (Å²) in [5.74, 6) is 1.66. The van der Waals surface area contributed by atoms with Gasteiger partial charge >= 0.3 is 0 Å². The van der Waals surface area contributed by atoms with Crippen LogP contribution in [0.2, 0.25) is 5.15 Å². The molecule has 128 valence electrons. The molecule has 6 nitrogen and oxygen atoms in total. The average Bonchev–Trinajstić information content (AvgIpc) is 2.53. The van der Waals surface area contributed by atoms with E-state index in [0.717, 1.165) is 43.7 Å². The van der Waals surface area contributed by atoms with E-state index in [1.165, 1.54) is 0 Å². The van der Waals surface area contributed by atoms with Crippen LogP contribution in [0, 0.1) is 6.92 Å². The summed E-state index contributed by atoms with van der Waals surface area (Å²) in [6.07, 6.45) is 3.05. The molecule has 1 aromatic rings. The molecular formula is C16H25ClN4O2. The molecule has 1 amide bonds. The van der Waals surface area contributed by atoms with Gasteiger partial charge in [0, 0.05) is 31.8 Å². The predicted molar refractivity (Wildman–Crippen MR) is 90.9 cm³/mol. The Morgan fingerprint density at radius 2 is 2.09 bits per heavy atom. The molecule has 1 fully saturated rings. The van der Waals surface area contributed by atoms with Gasteiger partial charge in [-0.2, -0.15) is 0 Å². The maximum Gasteiger partial charge on any atom is 0.224 e. The highest BCUT2D eigenvalue weighted by molar-refractivity contribution is 6.30. The quantitative estimate of drug-likeness (QED) is 0.806. The van der Waals surface area contributed by atoms with Crippen LogP contribution < -0.4 is 5.32 Å². The van der Waals surface area contributed by atoms with Gasteiger partial charge < -0.3 is 15.0 Å². The standard InChI is InChI=1S/C16H25ClN4O2/c1-4-13-15(17)18-11(2)19-16(13)20-12-5-8-21(9-6-12)14(22)7-10-23-3/h12H,4-10H2,1-3H3,(H,18,19,20). The predicted octanol–water partition coefficient (Wildman–Crippen LogP) is 2.44. The fraction of sp³-hybridized carbons (Fsp3) is 0.688. The summed E-state index contributed by atoms with van der Waals surface area (Å²) >= 11 is 6.21. The van der Waals surface area contributed by atoms with Crippen molar-refractivity contribution >= 4 is 23.3 Å². The van der Waals surface area contributed by atoms with Gasteiger partial charge in [0.2, 0.25) is 5.91 Å². The molecule has 0 aliphatic carbocycles. The number of aromatic nitrogens is 2. The van der Waals surface area contributed by atoms with E-state index < -0.39 is 0 Å². The largest absolute Gasteiger partial charge is 0.384 e. The van der Waals surface area contributed by atoms with Crippen molar-refractivity contribution < 1.29 is 9.53 Å². The van der Waals surface area contributed by atoms with E-state index in [1.54, 1.807) is 7.11 Å². The third kappa shape index (κ3) is 4.78. The van der Waals surface area contributed by atoms with Gasteiger partial charge in [-0.3, -0.25) is 4.79 Å². The minimum absolute atomic E-state index is 0.167. The smallest absolute Gasteiger partial charge is 0.224 e. The molecule has 0 unspecified atom stereocenters. The van der Waals surface area contributed by atoms with Gasteiger partial charge in [-0.25, -0.2) is 9.97 Å². The zero-order valence-electron chi connectivity index (χ0n) is 14.1. The normalized spacial score (nSPS) is 15.7. The summed E-state index contributed by atoms with van der Waals surface area (Å²) in [7, 11) is 1.61. The first kappa shape index (κ1) is 17.9. The number of hydrogen-bond acceptors (Lipinski definition) is 5.